The number of carbonyl (C=O) groups is 2. The zero-order valence-electron chi connectivity index (χ0n) is 17.8. The number of nitrogens with one attached hydrogen (secondary N) is 1. The van der Waals surface area contributed by atoms with E-state index in [0.29, 0.717) is 28.2 Å². The molecule has 1 amide bonds. The van der Waals surface area contributed by atoms with Crippen molar-refractivity contribution in [2.75, 3.05) is 19.5 Å². The Morgan fingerprint density at radius 1 is 1.24 bits per heavy atom. The van der Waals surface area contributed by atoms with Gasteiger partial charge in [-0.1, -0.05) is 12.1 Å². The molecule has 0 bridgehead atoms. The molecule has 2 aromatic heterocycles. The molecule has 0 aliphatic rings. The van der Waals surface area contributed by atoms with Crippen LogP contribution in [0.25, 0.3) is 22.6 Å². The van der Waals surface area contributed by atoms with E-state index in [-0.39, 0.29) is 23.8 Å². The summed E-state index contributed by atoms with van der Waals surface area (Å²) >= 11 is 0. The number of aromatic nitrogens is 4. The molecule has 0 aliphatic carbocycles. The van der Waals surface area contributed by atoms with Crippen molar-refractivity contribution in [3.8, 4) is 23.0 Å². The number of rotatable bonds is 9. The molecule has 4 aromatic rings. The zero-order chi connectivity index (χ0) is 24.1. The number of methoxy groups -OCH3 is 1. The van der Waals surface area contributed by atoms with E-state index < -0.39 is 18.5 Å². The Kier molecular flexibility index (Phi) is 6.34. The number of carboxylic acids is 1. The van der Waals surface area contributed by atoms with Gasteiger partial charge < -0.3 is 24.9 Å². The summed E-state index contributed by atoms with van der Waals surface area (Å²) in [5, 5.41) is 20.1. The van der Waals surface area contributed by atoms with Crippen LogP contribution in [0.2, 0.25) is 0 Å². The number of imidazole rings is 1. The molecule has 13 nitrogen and oxygen atoms in total. The van der Waals surface area contributed by atoms with Crippen molar-refractivity contribution in [3.05, 3.63) is 48.0 Å². The molecule has 0 spiro atoms. The van der Waals surface area contributed by atoms with Crippen LogP contribution in [0.4, 0.5) is 5.82 Å². The van der Waals surface area contributed by atoms with E-state index in [9.17, 15) is 9.59 Å². The van der Waals surface area contributed by atoms with Gasteiger partial charge in [-0.05, 0) is 46.2 Å². The lowest BCUT2D eigenvalue weighted by Crippen LogP contribution is -2.23. The van der Waals surface area contributed by atoms with Gasteiger partial charge in [-0.2, -0.15) is 5.10 Å². The number of fused-ring (bicyclic) bond motifs is 1. The highest BCUT2D eigenvalue weighted by atomic mass is 16.6. The summed E-state index contributed by atoms with van der Waals surface area (Å²) in [5.41, 5.74) is 10.4. The Morgan fingerprint density at radius 2 is 2.06 bits per heavy atom. The Bertz CT molecular complexity index is 1380. The number of para-hydroxylation sites is 2. The molecule has 0 unspecified atom stereocenters. The summed E-state index contributed by atoms with van der Waals surface area (Å²) in [6.45, 7) is -0.619. The lowest BCUT2D eigenvalue weighted by atomic mass is 10.2. The van der Waals surface area contributed by atoms with Crippen LogP contribution < -0.4 is 20.6 Å². The molecule has 4 rings (SSSR count). The number of amides is 1. The summed E-state index contributed by atoms with van der Waals surface area (Å²) in [4.78, 5) is 27.8. The van der Waals surface area contributed by atoms with Gasteiger partial charge >= 0.3 is 5.97 Å². The molecule has 2 heterocycles. The smallest absolute Gasteiger partial charge is 0.341 e. The van der Waals surface area contributed by atoms with E-state index in [1.54, 1.807) is 28.8 Å². The molecule has 0 fully saturated rings. The van der Waals surface area contributed by atoms with Crippen LogP contribution in [-0.4, -0.2) is 56.8 Å². The van der Waals surface area contributed by atoms with E-state index in [1.807, 2.05) is 18.2 Å². The lowest BCUT2D eigenvalue weighted by Gasteiger charge is -2.09. The maximum atomic E-state index is 12.6. The number of anilines is 1. The van der Waals surface area contributed by atoms with Gasteiger partial charge in [0.2, 0.25) is 0 Å². The fourth-order valence-corrected chi connectivity index (χ4v) is 3.15. The quantitative estimate of drug-likeness (QED) is 0.241. The molecular weight excluding hydrogens is 446 g/mol. The van der Waals surface area contributed by atoms with Crippen LogP contribution in [0, 0.1) is 0 Å². The van der Waals surface area contributed by atoms with Crippen LogP contribution >= 0.6 is 0 Å². The summed E-state index contributed by atoms with van der Waals surface area (Å²) in [5.74, 6) is -0.548. The van der Waals surface area contributed by atoms with E-state index in [2.05, 4.69) is 30.5 Å². The lowest BCUT2D eigenvalue weighted by molar-refractivity contribution is -0.139. The SMILES string of the molecule is COc1cc(/C=N/NC(=O)Cn2c(-c3nonc3N)nc3ccccc32)ccc1OCC(=O)O. The van der Waals surface area contributed by atoms with Crippen LogP contribution in [0.1, 0.15) is 5.56 Å². The minimum absolute atomic E-state index is 0.0553. The van der Waals surface area contributed by atoms with Gasteiger partial charge in [0, 0.05) is 0 Å². The second kappa shape index (κ2) is 9.68. The number of hydrogen-bond donors (Lipinski definition) is 3. The first-order valence-corrected chi connectivity index (χ1v) is 9.84. The molecule has 2 aromatic carbocycles. The minimum Gasteiger partial charge on any atom is -0.493 e. The predicted octanol–water partition coefficient (Wildman–Crippen LogP) is 1.29. The first kappa shape index (κ1) is 22.3. The molecule has 0 saturated carbocycles. The number of hydrazone groups is 1. The highest BCUT2D eigenvalue weighted by Crippen LogP contribution is 2.28. The Balaban J connectivity index is 1.49. The Labute approximate surface area is 191 Å². The number of hydrogen-bond acceptors (Lipinski definition) is 10. The number of nitrogens with zero attached hydrogens (tertiary/aromatic N) is 5. The number of aliphatic carboxylic acids is 1. The third-order valence-electron chi connectivity index (χ3n) is 4.62. The van der Waals surface area contributed by atoms with Crippen LogP contribution in [0.15, 0.2) is 52.2 Å². The topological polar surface area (TPSA) is 180 Å². The van der Waals surface area contributed by atoms with Crippen molar-refractivity contribution in [1.29, 1.82) is 0 Å². The minimum atomic E-state index is -1.10. The largest absolute Gasteiger partial charge is 0.493 e. The van der Waals surface area contributed by atoms with Crippen molar-refractivity contribution < 1.29 is 28.8 Å². The van der Waals surface area contributed by atoms with E-state index in [1.165, 1.54) is 13.3 Å². The van der Waals surface area contributed by atoms with Gasteiger partial charge in [-0.3, -0.25) is 4.79 Å². The molecular formula is C21H19N7O6. The molecule has 0 radical (unpaired) electrons. The highest BCUT2D eigenvalue weighted by molar-refractivity contribution is 5.86. The second-order valence-corrected chi connectivity index (χ2v) is 6.89. The maximum absolute atomic E-state index is 12.6. The van der Waals surface area contributed by atoms with Crippen LogP contribution in [0.5, 0.6) is 11.5 Å². The number of benzene rings is 2. The second-order valence-electron chi connectivity index (χ2n) is 6.89. The van der Waals surface area contributed by atoms with Crippen molar-refractivity contribution in [2.45, 2.75) is 6.54 Å². The standard InChI is InChI=1S/C21H19N7O6/c1-32-16-8-12(6-7-15(16)33-11-18(30)31)9-23-25-17(29)10-28-14-5-3-2-4-13(14)24-21(28)19-20(22)27-34-26-19/h2-9H,10-11H2,1H3,(H2,22,27)(H,25,29)(H,30,31)/b23-9+. The van der Waals surface area contributed by atoms with Crippen LogP contribution in [0.3, 0.4) is 0 Å². The van der Waals surface area contributed by atoms with Gasteiger partial charge in [0.05, 0.1) is 24.4 Å². The molecule has 13 heteroatoms. The van der Waals surface area contributed by atoms with Crippen molar-refractivity contribution >= 4 is 34.9 Å². The van der Waals surface area contributed by atoms with Gasteiger partial charge in [-0.15, -0.1) is 0 Å². The number of ether oxygens (including phenoxy) is 2. The third-order valence-corrected chi connectivity index (χ3v) is 4.62. The van der Waals surface area contributed by atoms with Gasteiger partial charge in [0.25, 0.3) is 5.91 Å². The first-order chi connectivity index (χ1) is 16.5. The summed E-state index contributed by atoms with van der Waals surface area (Å²) in [6.07, 6.45) is 1.41. The van der Waals surface area contributed by atoms with E-state index in [4.69, 9.17) is 20.3 Å². The Hall–Kier alpha value is -4.94. The van der Waals surface area contributed by atoms with E-state index >= 15 is 0 Å². The average Bonchev–Trinajstić information content (AvgIpc) is 3.41. The van der Waals surface area contributed by atoms with E-state index in [0.717, 1.165) is 0 Å². The first-order valence-electron chi connectivity index (χ1n) is 9.84. The third kappa shape index (κ3) is 4.77. The summed E-state index contributed by atoms with van der Waals surface area (Å²) < 4.78 is 16.7. The molecule has 0 atom stereocenters. The maximum Gasteiger partial charge on any atom is 0.341 e. The van der Waals surface area contributed by atoms with Crippen molar-refractivity contribution in [1.82, 2.24) is 25.3 Å². The number of carboxylic acid groups (broad SMARTS) is 1. The van der Waals surface area contributed by atoms with Gasteiger partial charge in [0.15, 0.2) is 35.4 Å². The molecule has 174 valence electrons. The van der Waals surface area contributed by atoms with Crippen LogP contribution in [-0.2, 0) is 16.1 Å². The average molecular weight is 465 g/mol. The highest BCUT2D eigenvalue weighted by Gasteiger charge is 2.20. The van der Waals surface area contributed by atoms with Gasteiger partial charge in [0.1, 0.15) is 6.54 Å². The zero-order valence-corrected chi connectivity index (χ0v) is 17.8. The fraction of sp³-hybridized carbons (Fsp3) is 0.143. The molecule has 0 saturated heterocycles. The Morgan fingerprint density at radius 3 is 2.79 bits per heavy atom. The normalized spacial score (nSPS) is 11.1. The number of carbonyl (C=O) groups excluding carboxylic acids is 1. The predicted molar refractivity (Wildman–Crippen MR) is 119 cm³/mol. The van der Waals surface area contributed by atoms with Crippen molar-refractivity contribution in [3.63, 3.8) is 0 Å². The summed E-state index contributed by atoms with van der Waals surface area (Å²) in [7, 11) is 1.43. The fourth-order valence-electron chi connectivity index (χ4n) is 3.15. The monoisotopic (exact) mass is 465 g/mol. The summed E-state index contributed by atoms with van der Waals surface area (Å²) in [6, 6.07) is 12.0. The molecule has 4 N–H and O–H groups in total. The van der Waals surface area contributed by atoms with Crippen molar-refractivity contribution in [2.24, 2.45) is 5.10 Å². The van der Waals surface area contributed by atoms with Gasteiger partial charge in [-0.25, -0.2) is 19.8 Å². The molecule has 34 heavy (non-hydrogen) atoms. The molecule has 0 aliphatic heterocycles. The number of nitrogens with two attached hydrogens (primary N) is 1. The number of nitrogen functional groups attached to an aromatic ring is 1.